The molecule has 1 heterocycles. The van der Waals surface area contributed by atoms with Crippen molar-refractivity contribution in [3.05, 3.63) is 66.4 Å². The van der Waals surface area contributed by atoms with Gasteiger partial charge in [-0.15, -0.1) is 0 Å². The molecule has 1 aromatic heterocycles. The van der Waals surface area contributed by atoms with E-state index in [-0.39, 0.29) is 5.91 Å². The summed E-state index contributed by atoms with van der Waals surface area (Å²) in [4.78, 5) is 16.8. The van der Waals surface area contributed by atoms with Gasteiger partial charge in [0.2, 0.25) is 5.89 Å². The Hall–Kier alpha value is -2.88. The summed E-state index contributed by atoms with van der Waals surface area (Å²) in [6.45, 7) is 4.76. The molecule has 0 atom stereocenters. The first-order chi connectivity index (χ1) is 11.6. The van der Waals surface area contributed by atoms with E-state index in [1.165, 1.54) is 0 Å². The molecule has 0 aliphatic rings. The number of carbonyl (C=O) groups excluding carboxylic acids is 1. The zero-order chi connectivity index (χ0) is 16.9. The number of oxazole rings is 1. The molecule has 3 aromatic rings. The molecule has 0 spiro atoms. The summed E-state index contributed by atoms with van der Waals surface area (Å²) in [5, 5.41) is 2.94. The number of carbonyl (C=O) groups is 1. The van der Waals surface area contributed by atoms with E-state index in [0.717, 1.165) is 5.56 Å². The number of nitrogens with one attached hydrogen (secondary N) is 1. The third-order valence-electron chi connectivity index (χ3n) is 3.64. The highest BCUT2D eigenvalue weighted by molar-refractivity contribution is 6.00. The average Bonchev–Trinajstić information content (AvgIpc) is 3.10. The molecule has 122 valence electrons. The van der Waals surface area contributed by atoms with Gasteiger partial charge >= 0.3 is 0 Å². The van der Waals surface area contributed by atoms with Crippen LogP contribution in [0.2, 0.25) is 0 Å². The zero-order valence-corrected chi connectivity index (χ0v) is 13.8. The Labute approximate surface area is 141 Å². The van der Waals surface area contributed by atoms with Crippen molar-refractivity contribution >= 4 is 5.91 Å². The summed E-state index contributed by atoms with van der Waals surface area (Å²) in [6.07, 6.45) is 1.69. The van der Waals surface area contributed by atoms with E-state index in [1.54, 1.807) is 12.3 Å². The Morgan fingerprint density at radius 1 is 1.08 bits per heavy atom. The maximum atomic E-state index is 12.4. The summed E-state index contributed by atoms with van der Waals surface area (Å²) in [6, 6.07) is 17.1. The second kappa shape index (κ2) is 7.13. The molecule has 0 saturated heterocycles. The van der Waals surface area contributed by atoms with Gasteiger partial charge in [-0.1, -0.05) is 56.3 Å². The van der Waals surface area contributed by atoms with Crippen LogP contribution in [-0.4, -0.2) is 17.4 Å². The van der Waals surface area contributed by atoms with E-state index < -0.39 is 0 Å². The van der Waals surface area contributed by atoms with E-state index in [4.69, 9.17) is 4.42 Å². The molecule has 4 heteroatoms. The number of aromatic nitrogens is 1. The van der Waals surface area contributed by atoms with E-state index in [9.17, 15) is 4.79 Å². The maximum Gasteiger partial charge on any atom is 0.252 e. The van der Waals surface area contributed by atoms with Crippen molar-refractivity contribution in [3.63, 3.8) is 0 Å². The quantitative estimate of drug-likeness (QED) is 0.758. The Morgan fingerprint density at radius 2 is 1.79 bits per heavy atom. The van der Waals surface area contributed by atoms with Crippen LogP contribution in [0.1, 0.15) is 24.2 Å². The second-order valence-corrected chi connectivity index (χ2v) is 6.05. The van der Waals surface area contributed by atoms with Gasteiger partial charge < -0.3 is 9.73 Å². The lowest BCUT2D eigenvalue weighted by atomic mass is 10.1. The van der Waals surface area contributed by atoms with Crippen molar-refractivity contribution in [2.75, 3.05) is 6.54 Å². The summed E-state index contributed by atoms with van der Waals surface area (Å²) in [5.41, 5.74) is 2.22. The second-order valence-electron chi connectivity index (χ2n) is 6.05. The summed E-state index contributed by atoms with van der Waals surface area (Å²) < 4.78 is 5.88. The summed E-state index contributed by atoms with van der Waals surface area (Å²) >= 11 is 0. The van der Waals surface area contributed by atoms with Gasteiger partial charge in [0.15, 0.2) is 5.76 Å². The molecule has 0 fully saturated rings. The van der Waals surface area contributed by atoms with E-state index >= 15 is 0 Å². The van der Waals surface area contributed by atoms with Crippen molar-refractivity contribution in [1.29, 1.82) is 0 Å². The first-order valence-electron chi connectivity index (χ1n) is 8.04. The number of amides is 1. The van der Waals surface area contributed by atoms with Crippen molar-refractivity contribution in [2.24, 2.45) is 5.92 Å². The van der Waals surface area contributed by atoms with E-state index in [0.29, 0.717) is 35.2 Å². The van der Waals surface area contributed by atoms with Crippen LogP contribution >= 0.6 is 0 Å². The Morgan fingerprint density at radius 3 is 2.54 bits per heavy atom. The fourth-order valence-electron chi connectivity index (χ4n) is 2.39. The smallest absolute Gasteiger partial charge is 0.252 e. The Kier molecular flexibility index (Phi) is 4.75. The van der Waals surface area contributed by atoms with Gasteiger partial charge in [-0.05, 0) is 18.1 Å². The molecule has 0 bridgehead atoms. The molecule has 0 aliphatic heterocycles. The van der Waals surface area contributed by atoms with Gasteiger partial charge in [0, 0.05) is 17.7 Å². The van der Waals surface area contributed by atoms with Crippen molar-refractivity contribution in [3.8, 4) is 22.8 Å². The molecule has 0 aliphatic carbocycles. The molecule has 0 radical (unpaired) electrons. The molecule has 0 unspecified atom stereocenters. The van der Waals surface area contributed by atoms with Crippen LogP contribution in [-0.2, 0) is 0 Å². The van der Waals surface area contributed by atoms with E-state index in [1.807, 2.05) is 48.5 Å². The monoisotopic (exact) mass is 320 g/mol. The first kappa shape index (κ1) is 16.0. The molecule has 1 amide bonds. The number of hydrogen-bond donors (Lipinski definition) is 1. The number of rotatable bonds is 5. The minimum Gasteiger partial charge on any atom is -0.436 e. The lowest BCUT2D eigenvalue weighted by Crippen LogP contribution is -2.27. The third kappa shape index (κ3) is 3.54. The minimum atomic E-state index is -0.112. The maximum absolute atomic E-state index is 12.4. The van der Waals surface area contributed by atoms with Crippen molar-refractivity contribution in [2.45, 2.75) is 13.8 Å². The highest BCUT2D eigenvalue weighted by Gasteiger charge is 2.16. The molecule has 0 saturated carbocycles. The normalized spacial score (nSPS) is 10.8. The predicted octanol–water partition coefficient (Wildman–Crippen LogP) is 4.39. The molecule has 1 N–H and O–H groups in total. The van der Waals surface area contributed by atoms with Crippen LogP contribution in [0.15, 0.2) is 65.2 Å². The fourth-order valence-corrected chi connectivity index (χ4v) is 2.39. The summed E-state index contributed by atoms with van der Waals surface area (Å²) in [7, 11) is 0. The van der Waals surface area contributed by atoms with Crippen LogP contribution in [0.4, 0.5) is 0 Å². The molecule has 2 aromatic carbocycles. The summed E-state index contributed by atoms with van der Waals surface area (Å²) in [5.74, 6) is 1.42. The van der Waals surface area contributed by atoms with Gasteiger partial charge in [0.1, 0.15) is 0 Å². The average molecular weight is 320 g/mol. The SMILES string of the molecule is CC(C)CNC(=O)c1ccccc1-c1ncc(-c2ccccc2)o1. The molecule has 24 heavy (non-hydrogen) atoms. The topological polar surface area (TPSA) is 55.1 Å². The van der Waals surface area contributed by atoms with Crippen molar-refractivity contribution < 1.29 is 9.21 Å². The molecule has 3 rings (SSSR count). The largest absolute Gasteiger partial charge is 0.436 e. The van der Waals surface area contributed by atoms with Crippen LogP contribution in [0.5, 0.6) is 0 Å². The highest BCUT2D eigenvalue weighted by atomic mass is 16.4. The van der Waals surface area contributed by atoms with Gasteiger partial charge in [0.25, 0.3) is 5.91 Å². The Bertz CT molecular complexity index is 822. The van der Waals surface area contributed by atoms with Crippen LogP contribution in [0.25, 0.3) is 22.8 Å². The van der Waals surface area contributed by atoms with E-state index in [2.05, 4.69) is 24.1 Å². The predicted molar refractivity (Wildman–Crippen MR) is 94.5 cm³/mol. The van der Waals surface area contributed by atoms with Crippen LogP contribution in [0.3, 0.4) is 0 Å². The van der Waals surface area contributed by atoms with Crippen molar-refractivity contribution in [1.82, 2.24) is 10.3 Å². The number of benzene rings is 2. The molecule has 4 nitrogen and oxygen atoms in total. The molecular formula is C20H20N2O2. The minimum absolute atomic E-state index is 0.112. The van der Waals surface area contributed by atoms with Gasteiger partial charge in [-0.2, -0.15) is 0 Å². The lowest BCUT2D eigenvalue weighted by molar-refractivity contribution is 0.0949. The number of nitrogens with zero attached hydrogens (tertiary/aromatic N) is 1. The lowest BCUT2D eigenvalue weighted by Gasteiger charge is -2.09. The van der Waals surface area contributed by atoms with Gasteiger partial charge in [-0.25, -0.2) is 4.98 Å². The zero-order valence-electron chi connectivity index (χ0n) is 13.8. The first-order valence-corrected chi connectivity index (χ1v) is 8.04. The standard InChI is InChI=1S/C20H20N2O2/c1-14(2)12-21-19(23)16-10-6-7-11-17(16)20-22-13-18(24-20)15-8-4-3-5-9-15/h3-11,13-14H,12H2,1-2H3,(H,21,23). The van der Waals surface area contributed by atoms with Gasteiger partial charge in [0.05, 0.1) is 11.8 Å². The molecular weight excluding hydrogens is 300 g/mol. The Balaban J connectivity index is 1.90. The third-order valence-corrected chi connectivity index (χ3v) is 3.64. The van der Waals surface area contributed by atoms with Gasteiger partial charge in [-0.3, -0.25) is 4.79 Å². The fraction of sp³-hybridized carbons (Fsp3) is 0.200. The van der Waals surface area contributed by atoms with Crippen LogP contribution < -0.4 is 5.32 Å². The highest BCUT2D eigenvalue weighted by Crippen LogP contribution is 2.28. The number of hydrogen-bond acceptors (Lipinski definition) is 3. The van der Waals surface area contributed by atoms with Crippen LogP contribution in [0, 0.1) is 5.92 Å².